The van der Waals surface area contributed by atoms with Crippen molar-refractivity contribution in [2.45, 2.75) is 45.8 Å². The number of rotatable bonds is 3. The Hall–Kier alpha value is -1.59. The Balaban J connectivity index is 2.44. The topological polar surface area (TPSA) is 61.0 Å². The predicted molar refractivity (Wildman–Crippen MR) is 99.5 cm³/mol. The lowest BCUT2D eigenvalue weighted by Crippen LogP contribution is -2.43. The van der Waals surface area contributed by atoms with Crippen molar-refractivity contribution in [2.75, 3.05) is 5.73 Å². The summed E-state index contributed by atoms with van der Waals surface area (Å²) in [5.41, 5.74) is 8.46. The second kappa shape index (κ2) is 6.13. The molecule has 4 nitrogen and oxygen atoms in total. The van der Waals surface area contributed by atoms with E-state index < -0.39 is 8.32 Å². The summed E-state index contributed by atoms with van der Waals surface area (Å²) >= 11 is 6.00. The Labute approximate surface area is 144 Å². The van der Waals surface area contributed by atoms with Crippen molar-refractivity contribution in [1.82, 2.24) is 9.97 Å². The third-order valence-corrected chi connectivity index (χ3v) is 8.93. The van der Waals surface area contributed by atoms with Crippen LogP contribution in [0.5, 0.6) is 5.75 Å². The number of nitrogens with zero attached hydrogens (tertiary/aromatic N) is 2. The number of benzene rings is 1. The highest BCUT2D eigenvalue weighted by molar-refractivity contribution is 6.74. The highest BCUT2D eigenvalue weighted by Gasteiger charge is 2.39. The third-order valence-electron chi connectivity index (χ3n) is 4.38. The lowest BCUT2D eigenvalue weighted by Gasteiger charge is -2.36. The summed E-state index contributed by atoms with van der Waals surface area (Å²) in [4.78, 5) is 8.20. The molecule has 124 valence electrons. The zero-order chi connectivity index (χ0) is 17.4. The fourth-order valence-corrected chi connectivity index (χ4v) is 3.17. The predicted octanol–water partition coefficient (Wildman–Crippen LogP) is 5.07. The first kappa shape index (κ1) is 17.8. The van der Waals surface area contributed by atoms with Crippen LogP contribution in [0.2, 0.25) is 23.3 Å². The molecule has 0 amide bonds. The first-order valence-corrected chi connectivity index (χ1v) is 10.9. The van der Waals surface area contributed by atoms with Crippen LogP contribution >= 0.6 is 11.6 Å². The van der Waals surface area contributed by atoms with Crippen LogP contribution in [0.3, 0.4) is 0 Å². The summed E-state index contributed by atoms with van der Waals surface area (Å²) in [6.07, 6.45) is 0. The van der Waals surface area contributed by atoms with E-state index in [1.165, 1.54) is 0 Å². The van der Waals surface area contributed by atoms with Crippen molar-refractivity contribution in [2.24, 2.45) is 0 Å². The summed E-state index contributed by atoms with van der Waals surface area (Å²) < 4.78 is 6.38. The Bertz CT molecular complexity index is 706. The lowest BCUT2D eigenvalue weighted by molar-refractivity contribution is 0.492. The molecule has 0 radical (unpaired) electrons. The molecule has 1 aromatic heterocycles. The molecule has 0 saturated carbocycles. The molecule has 0 aliphatic carbocycles. The van der Waals surface area contributed by atoms with Gasteiger partial charge in [-0.15, -0.1) is 0 Å². The van der Waals surface area contributed by atoms with E-state index in [2.05, 4.69) is 43.8 Å². The monoisotopic (exact) mass is 349 g/mol. The van der Waals surface area contributed by atoms with Crippen LogP contribution in [0, 0.1) is 6.92 Å². The van der Waals surface area contributed by atoms with E-state index in [1.54, 1.807) is 6.07 Å². The van der Waals surface area contributed by atoms with E-state index in [4.69, 9.17) is 21.8 Å². The minimum atomic E-state index is -1.89. The van der Waals surface area contributed by atoms with Gasteiger partial charge in [-0.05, 0) is 42.8 Å². The smallest absolute Gasteiger partial charge is 0.250 e. The van der Waals surface area contributed by atoms with Crippen molar-refractivity contribution in [1.29, 1.82) is 0 Å². The average molecular weight is 350 g/mol. The molecule has 0 saturated heterocycles. The quantitative estimate of drug-likeness (QED) is 0.620. The molecule has 2 N–H and O–H groups in total. The Morgan fingerprint density at radius 1 is 1.13 bits per heavy atom. The molecule has 0 aliphatic rings. The molecule has 1 aromatic carbocycles. The lowest BCUT2D eigenvalue weighted by atomic mass is 10.1. The van der Waals surface area contributed by atoms with Gasteiger partial charge in [0.2, 0.25) is 14.3 Å². The van der Waals surface area contributed by atoms with Gasteiger partial charge in [0.05, 0.1) is 5.69 Å². The van der Waals surface area contributed by atoms with Crippen molar-refractivity contribution < 1.29 is 4.43 Å². The van der Waals surface area contributed by atoms with Gasteiger partial charge in [-0.25, -0.2) is 9.97 Å². The number of hydrogen-bond acceptors (Lipinski definition) is 4. The fourth-order valence-electron chi connectivity index (χ4n) is 1.96. The maximum absolute atomic E-state index is 6.38. The highest BCUT2D eigenvalue weighted by atomic mass is 35.5. The van der Waals surface area contributed by atoms with Gasteiger partial charge >= 0.3 is 0 Å². The van der Waals surface area contributed by atoms with E-state index in [1.807, 2.05) is 25.1 Å². The van der Waals surface area contributed by atoms with Crippen LogP contribution in [0.1, 0.15) is 26.3 Å². The molecule has 0 fully saturated rings. The normalized spacial score (nSPS) is 12.3. The molecule has 0 spiro atoms. The molecule has 23 heavy (non-hydrogen) atoms. The van der Waals surface area contributed by atoms with Gasteiger partial charge in [0.15, 0.2) is 0 Å². The van der Waals surface area contributed by atoms with Gasteiger partial charge in [0.25, 0.3) is 0 Å². The van der Waals surface area contributed by atoms with Crippen LogP contribution in [0.4, 0.5) is 5.95 Å². The zero-order valence-corrected chi connectivity index (χ0v) is 16.3. The molecule has 0 atom stereocenters. The number of aromatic nitrogens is 2. The molecular weight excluding hydrogens is 326 g/mol. The van der Waals surface area contributed by atoms with E-state index in [0.29, 0.717) is 10.8 Å². The SMILES string of the molecule is Cc1ccc(O[Si](C)(C)C(C)(C)C)cc1-c1cc(Cl)nc(N)n1. The van der Waals surface area contributed by atoms with Crippen LogP contribution in [-0.4, -0.2) is 18.3 Å². The average Bonchev–Trinajstić information content (AvgIpc) is 2.38. The van der Waals surface area contributed by atoms with Gasteiger partial charge in [0.1, 0.15) is 10.9 Å². The fraction of sp³-hybridized carbons (Fsp3) is 0.412. The van der Waals surface area contributed by atoms with Gasteiger partial charge < -0.3 is 10.2 Å². The van der Waals surface area contributed by atoms with E-state index >= 15 is 0 Å². The Morgan fingerprint density at radius 2 is 1.78 bits per heavy atom. The van der Waals surface area contributed by atoms with Gasteiger partial charge in [-0.3, -0.25) is 0 Å². The maximum Gasteiger partial charge on any atom is 0.250 e. The molecule has 0 aliphatic heterocycles. The van der Waals surface area contributed by atoms with Gasteiger partial charge in [-0.2, -0.15) is 0 Å². The Kier molecular flexibility index (Phi) is 4.73. The van der Waals surface area contributed by atoms with E-state index in [-0.39, 0.29) is 11.0 Å². The largest absolute Gasteiger partial charge is 0.543 e. The van der Waals surface area contributed by atoms with Crippen LogP contribution in [0.15, 0.2) is 24.3 Å². The van der Waals surface area contributed by atoms with E-state index in [0.717, 1.165) is 16.9 Å². The summed E-state index contributed by atoms with van der Waals surface area (Å²) in [6, 6.07) is 7.76. The molecule has 0 bridgehead atoms. The number of anilines is 1. The second-order valence-electron chi connectivity index (χ2n) is 7.27. The minimum Gasteiger partial charge on any atom is -0.543 e. The number of aryl methyl sites for hydroxylation is 1. The standard InChI is InChI=1S/C17H24ClN3OSi/c1-11-7-8-12(22-23(5,6)17(2,3)4)9-13(11)14-10-15(18)21-16(19)20-14/h7-10H,1-6H3,(H2,19,20,21). The van der Waals surface area contributed by atoms with Crippen LogP contribution in [-0.2, 0) is 0 Å². The van der Waals surface area contributed by atoms with Gasteiger partial charge in [0, 0.05) is 11.6 Å². The molecular formula is C17H24ClN3OSi. The second-order valence-corrected chi connectivity index (χ2v) is 12.4. The number of hydrogen-bond donors (Lipinski definition) is 1. The molecule has 1 heterocycles. The number of halogens is 1. The first-order valence-electron chi connectivity index (χ1n) is 7.60. The van der Waals surface area contributed by atoms with Crippen LogP contribution in [0.25, 0.3) is 11.3 Å². The maximum atomic E-state index is 6.38. The number of nitrogen functional groups attached to an aromatic ring is 1. The highest BCUT2D eigenvalue weighted by Crippen LogP contribution is 2.38. The summed E-state index contributed by atoms with van der Waals surface area (Å²) in [7, 11) is -1.89. The molecule has 2 rings (SSSR count). The zero-order valence-electron chi connectivity index (χ0n) is 14.6. The van der Waals surface area contributed by atoms with Crippen molar-refractivity contribution >= 4 is 25.9 Å². The summed E-state index contributed by atoms with van der Waals surface area (Å²) in [6.45, 7) is 13.1. The molecule has 0 unspecified atom stereocenters. The number of nitrogens with two attached hydrogens (primary N) is 1. The van der Waals surface area contributed by atoms with Crippen molar-refractivity contribution in [3.63, 3.8) is 0 Å². The molecule has 2 aromatic rings. The van der Waals surface area contributed by atoms with Crippen molar-refractivity contribution in [3.05, 3.63) is 35.0 Å². The Morgan fingerprint density at radius 3 is 2.35 bits per heavy atom. The van der Waals surface area contributed by atoms with Gasteiger partial charge in [-0.1, -0.05) is 38.4 Å². The van der Waals surface area contributed by atoms with E-state index in [9.17, 15) is 0 Å². The first-order chi connectivity index (χ1) is 10.5. The minimum absolute atomic E-state index is 0.140. The van der Waals surface area contributed by atoms with Crippen LogP contribution < -0.4 is 10.2 Å². The third kappa shape index (κ3) is 4.03. The van der Waals surface area contributed by atoms with Crippen molar-refractivity contribution in [3.8, 4) is 17.0 Å². The molecule has 6 heteroatoms. The summed E-state index contributed by atoms with van der Waals surface area (Å²) in [5.74, 6) is 1.02. The summed E-state index contributed by atoms with van der Waals surface area (Å²) in [5, 5.41) is 0.475.